The molecule has 5 N–H and O–H groups in total. The summed E-state index contributed by atoms with van der Waals surface area (Å²) < 4.78 is 2.31. The summed E-state index contributed by atoms with van der Waals surface area (Å²) in [5.41, 5.74) is 14.2. The van der Waals surface area contributed by atoms with E-state index in [-0.39, 0.29) is 23.8 Å². The number of aryl methyl sites for hydroxylation is 2. The molecule has 0 bridgehead atoms. The van der Waals surface area contributed by atoms with E-state index in [2.05, 4.69) is 45.7 Å². The second-order valence-electron chi connectivity index (χ2n) is 12.7. The first-order valence-electron chi connectivity index (χ1n) is 17.8. The van der Waals surface area contributed by atoms with E-state index in [1.165, 1.54) is 34.0 Å². The van der Waals surface area contributed by atoms with E-state index in [9.17, 15) is 19.7 Å². The highest BCUT2D eigenvalue weighted by molar-refractivity contribution is 7.22. The maximum atomic E-state index is 12.4. The molecule has 0 fully saturated rings. The Kier molecular flexibility index (Phi) is 12.7. The number of nitro benzene ring substituents is 1. The number of nitrogens with two attached hydrogens (primary N) is 1. The molecule has 0 radical (unpaired) electrons. The SMILES string of the molecule is CCO.Cc1ccc2nc(-c3ccc(NC(=O)c4ccccc4N)cc3)sc2c1.Cc1ccc2nc(-c3ccc(NC(=O)c4ccccc4[N+](=O)[O-])cc3)sc2c1. The molecule has 0 aliphatic carbocycles. The molecular formula is C44H38N6O5S2. The van der Waals surface area contributed by atoms with Crippen LogP contribution in [0.3, 0.4) is 0 Å². The Hall–Kier alpha value is -6.80. The zero-order valence-electron chi connectivity index (χ0n) is 31.2. The minimum absolute atomic E-state index is 0.0260. The fraction of sp³-hybridized carbons (Fsp3) is 0.0909. The molecule has 13 heteroatoms. The van der Waals surface area contributed by atoms with E-state index in [4.69, 9.17) is 10.8 Å². The first kappa shape index (κ1) is 39.9. The van der Waals surface area contributed by atoms with Crippen molar-refractivity contribution in [3.63, 3.8) is 0 Å². The maximum Gasteiger partial charge on any atom is 0.282 e. The maximum absolute atomic E-state index is 12.4. The molecule has 0 aliphatic rings. The number of amides is 2. The van der Waals surface area contributed by atoms with Crippen LogP contribution in [0.5, 0.6) is 0 Å². The number of thiazole rings is 2. The van der Waals surface area contributed by atoms with Gasteiger partial charge in [0.05, 0.1) is 30.9 Å². The van der Waals surface area contributed by atoms with Crippen LogP contribution in [0.4, 0.5) is 22.7 Å². The van der Waals surface area contributed by atoms with Crippen LogP contribution in [0.25, 0.3) is 41.6 Å². The van der Waals surface area contributed by atoms with E-state index < -0.39 is 10.8 Å². The van der Waals surface area contributed by atoms with Crippen LogP contribution in [-0.4, -0.2) is 38.4 Å². The van der Waals surface area contributed by atoms with E-state index in [1.807, 2.05) is 61.5 Å². The normalized spacial score (nSPS) is 10.5. The van der Waals surface area contributed by atoms with Gasteiger partial charge in [-0.1, -0.05) is 36.4 Å². The lowest BCUT2D eigenvalue weighted by molar-refractivity contribution is -0.385. The monoisotopic (exact) mass is 794 g/mol. The summed E-state index contributed by atoms with van der Waals surface area (Å²) in [4.78, 5) is 44.6. The van der Waals surface area contributed by atoms with Crippen molar-refractivity contribution in [2.45, 2.75) is 20.8 Å². The highest BCUT2D eigenvalue weighted by Gasteiger charge is 2.19. The molecule has 57 heavy (non-hydrogen) atoms. The fourth-order valence-electron chi connectivity index (χ4n) is 5.63. The van der Waals surface area contributed by atoms with Gasteiger partial charge >= 0.3 is 0 Å². The molecule has 0 unspecified atom stereocenters. The van der Waals surface area contributed by atoms with Gasteiger partial charge in [-0.15, -0.1) is 22.7 Å². The molecule has 0 spiro atoms. The van der Waals surface area contributed by atoms with Crippen LogP contribution < -0.4 is 16.4 Å². The van der Waals surface area contributed by atoms with Crippen molar-refractivity contribution in [2.75, 3.05) is 23.0 Å². The van der Waals surface area contributed by atoms with Crippen molar-refractivity contribution >= 4 is 77.7 Å². The van der Waals surface area contributed by atoms with E-state index in [0.717, 1.165) is 42.6 Å². The number of hydrogen-bond donors (Lipinski definition) is 4. The Labute approximate surface area is 336 Å². The predicted octanol–water partition coefficient (Wildman–Crippen LogP) is 10.5. The Morgan fingerprint density at radius 2 is 1.09 bits per heavy atom. The van der Waals surface area contributed by atoms with Crippen molar-refractivity contribution < 1.29 is 19.6 Å². The lowest BCUT2D eigenvalue weighted by Crippen LogP contribution is -2.13. The minimum Gasteiger partial charge on any atom is -0.398 e. The van der Waals surface area contributed by atoms with Crippen molar-refractivity contribution in [1.82, 2.24) is 9.97 Å². The van der Waals surface area contributed by atoms with Crippen molar-refractivity contribution in [3.8, 4) is 21.1 Å². The molecule has 2 heterocycles. The van der Waals surface area contributed by atoms with Gasteiger partial charge in [-0.25, -0.2) is 9.97 Å². The van der Waals surface area contributed by atoms with Gasteiger partial charge in [-0.05, 0) is 123 Å². The molecule has 8 aromatic rings. The number of nitrogens with zero attached hydrogens (tertiary/aromatic N) is 3. The third-order valence-corrected chi connectivity index (χ3v) is 10.6. The largest absolute Gasteiger partial charge is 0.398 e. The number of aliphatic hydroxyl groups is 1. The Balaban J connectivity index is 0.000000181. The standard InChI is InChI=1S/C21H15N3O3S.C21H17N3OS.C2H6O/c1-13-6-11-17-19(12-13)28-21(23-17)14-7-9-15(10-8-14)22-20(25)16-4-2-3-5-18(16)24(26)27;1-13-6-11-18-19(12-13)26-21(24-18)14-7-9-15(10-8-14)23-20(25)16-4-2-3-5-17(16)22;1-2-3/h2-12H,1H3,(H,22,25);2-12H,22H2,1H3,(H,23,25);3H,2H2,1H3. The fourth-order valence-corrected chi connectivity index (χ4v) is 7.77. The van der Waals surface area contributed by atoms with E-state index in [0.29, 0.717) is 16.9 Å². The molecular weight excluding hydrogens is 757 g/mol. The number of aromatic nitrogens is 2. The van der Waals surface area contributed by atoms with Gasteiger partial charge in [0, 0.05) is 40.9 Å². The number of nitro groups is 1. The molecule has 0 saturated carbocycles. The second kappa shape index (κ2) is 18.2. The number of carbonyl (C=O) groups excluding carboxylic acids is 2. The zero-order chi connectivity index (χ0) is 40.5. The third-order valence-electron chi connectivity index (χ3n) is 8.42. The summed E-state index contributed by atoms with van der Waals surface area (Å²) in [5, 5.41) is 26.1. The first-order valence-corrected chi connectivity index (χ1v) is 19.4. The highest BCUT2D eigenvalue weighted by atomic mass is 32.1. The first-order chi connectivity index (χ1) is 27.5. The van der Waals surface area contributed by atoms with Gasteiger partial charge in [0.2, 0.25) is 0 Å². The number of nitrogen functional groups attached to an aromatic ring is 1. The summed E-state index contributed by atoms with van der Waals surface area (Å²) in [7, 11) is 0. The van der Waals surface area contributed by atoms with Gasteiger partial charge < -0.3 is 21.5 Å². The molecule has 8 rings (SSSR count). The summed E-state index contributed by atoms with van der Waals surface area (Å²) in [6.45, 7) is 6.06. The summed E-state index contributed by atoms with van der Waals surface area (Å²) in [6, 6.07) is 40.3. The van der Waals surface area contributed by atoms with Crippen LogP contribution >= 0.6 is 22.7 Å². The summed E-state index contributed by atoms with van der Waals surface area (Å²) in [5.74, 6) is -0.734. The molecule has 0 aliphatic heterocycles. The van der Waals surface area contributed by atoms with Gasteiger partial charge in [0.15, 0.2) is 0 Å². The van der Waals surface area contributed by atoms with Crippen molar-refractivity contribution in [1.29, 1.82) is 0 Å². The molecule has 2 aromatic heterocycles. The number of fused-ring (bicyclic) bond motifs is 2. The van der Waals surface area contributed by atoms with Crippen molar-refractivity contribution in [2.24, 2.45) is 0 Å². The number of hydrogen-bond acceptors (Lipinski definition) is 10. The number of nitrogens with one attached hydrogen (secondary N) is 2. The third kappa shape index (κ3) is 9.90. The average molecular weight is 795 g/mol. The smallest absolute Gasteiger partial charge is 0.282 e. The molecule has 11 nitrogen and oxygen atoms in total. The van der Waals surface area contributed by atoms with Crippen LogP contribution in [0.15, 0.2) is 133 Å². The van der Waals surface area contributed by atoms with Gasteiger partial charge in [0.1, 0.15) is 15.6 Å². The van der Waals surface area contributed by atoms with E-state index >= 15 is 0 Å². The number of anilines is 3. The number of para-hydroxylation sites is 2. The second-order valence-corrected chi connectivity index (χ2v) is 14.8. The number of carbonyl (C=O) groups is 2. The van der Waals surface area contributed by atoms with Crippen LogP contribution in [0, 0.1) is 24.0 Å². The minimum atomic E-state index is -0.563. The zero-order valence-corrected chi connectivity index (χ0v) is 32.9. The van der Waals surface area contributed by atoms with Gasteiger partial charge in [-0.2, -0.15) is 0 Å². The Morgan fingerprint density at radius 3 is 1.54 bits per heavy atom. The predicted molar refractivity (Wildman–Crippen MR) is 232 cm³/mol. The van der Waals surface area contributed by atoms with Crippen LogP contribution in [0.2, 0.25) is 0 Å². The Morgan fingerprint density at radius 1 is 0.667 bits per heavy atom. The topological polar surface area (TPSA) is 173 Å². The van der Waals surface area contributed by atoms with Gasteiger partial charge in [-0.3, -0.25) is 19.7 Å². The van der Waals surface area contributed by atoms with E-state index in [1.54, 1.807) is 72.1 Å². The Bertz CT molecular complexity index is 2690. The number of aliphatic hydroxyl groups excluding tert-OH is 1. The molecule has 286 valence electrons. The van der Waals surface area contributed by atoms with Gasteiger partial charge in [0.25, 0.3) is 17.5 Å². The molecule has 2 amide bonds. The van der Waals surface area contributed by atoms with Crippen LogP contribution in [0.1, 0.15) is 38.8 Å². The number of rotatable bonds is 7. The quantitative estimate of drug-likeness (QED) is 0.0701. The molecule has 6 aromatic carbocycles. The lowest BCUT2D eigenvalue weighted by atomic mass is 10.1. The molecule has 0 atom stereocenters. The van der Waals surface area contributed by atoms with Crippen LogP contribution in [-0.2, 0) is 0 Å². The van der Waals surface area contributed by atoms with Crippen molar-refractivity contribution in [3.05, 3.63) is 166 Å². The lowest BCUT2D eigenvalue weighted by Gasteiger charge is -2.07. The summed E-state index contributed by atoms with van der Waals surface area (Å²) in [6.07, 6.45) is 0. The highest BCUT2D eigenvalue weighted by Crippen LogP contribution is 2.33. The molecule has 0 saturated heterocycles. The summed E-state index contributed by atoms with van der Waals surface area (Å²) >= 11 is 3.28. The average Bonchev–Trinajstić information content (AvgIpc) is 3.83. The number of benzene rings is 6.